The third kappa shape index (κ3) is 4.23. The number of hydrogen-bond acceptors (Lipinski definition) is 3. The number of carbonyl (C=O) groups excluding carboxylic acids is 1. The normalized spacial score (nSPS) is 12.1. The molecule has 0 aliphatic heterocycles. The van der Waals surface area contributed by atoms with E-state index >= 15 is 0 Å². The SMILES string of the molecule is CC(=O)C(Cl)c1cc(CC#N)ccc1/C=C/C(=O)O. The first-order valence-corrected chi connectivity index (χ1v) is 5.94. The van der Waals surface area contributed by atoms with Gasteiger partial charge >= 0.3 is 5.97 Å². The number of aliphatic carboxylic acids is 1. The topological polar surface area (TPSA) is 78.2 Å². The monoisotopic (exact) mass is 277 g/mol. The van der Waals surface area contributed by atoms with E-state index in [9.17, 15) is 9.59 Å². The van der Waals surface area contributed by atoms with Crippen molar-refractivity contribution in [3.63, 3.8) is 0 Å². The van der Waals surface area contributed by atoms with E-state index in [1.165, 1.54) is 13.0 Å². The highest BCUT2D eigenvalue weighted by Crippen LogP contribution is 2.27. The fraction of sp³-hybridized carbons (Fsp3) is 0.214. The van der Waals surface area contributed by atoms with Crippen LogP contribution in [0.15, 0.2) is 24.3 Å². The lowest BCUT2D eigenvalue weighted by Crippen LogP contribution is -2.04. The molecule has 0 aromatic heterocycles. The fourth-order valence-corrected chi connectivity index (χ4v) is 1.77. The van der Waals surface area contributed by atoms with Gasteiger partial charge in [-0.25, -0.2) is 4.79 Å². The minimum absolute atomic E-state index is 0.206. The van der Waals surface area contributed by atoms with Crippen LogP contribution in [0, 0.1) is 11.3 Å². The summed E-state index contributed by atoms with van der Waals surface area (Å²) in [5, 5.41) is 16.4. The smallest absolute Gasteiger partial charge is 0.328 e. The maximum Gasteiger partial charge on any atom is 0.328 e. The van der Waals surface area contributed by atoms with E-state index in [0.717, 1.165) is 11.6 Å². The van der Waals surface area contributed by atoms with Crippen molar-refractivity contribution in [3.05, 3.63) is 41.0 Å². The van der Waals surface area contributed by atoms with Crippen LogP contribution < -0.4 is 0 Å². The van der Waals surface area contributed by atoms with Crippen molar-refractivity contribution in [2.75, 3.05) is 0 Å². The largest absolute Gasteiger partial charge is 0.478 e. The van der Waals surface area contributed by atoms with Gasteiger partial charge in [-0.15, -0.1) is 11.6 Å². The van der Waals surface area contributed by atoms with Crippen molar-refractivity contribution in [3.8, 4) is 6.07 Å². The zero-order chi connectivity index (χ0) is 14.4. The van der Waals surface area contributed by atoms with E-state index < -0.39 is 11.3 Å². The summed E-state index contributed by atoms with van der Waals surface area (Å²) >= 11 is 6.02. The number of carbonyl (C=O) groups is 2. The summed E-state index contributed by atoms with van der Waals surface area (Å²) in [5.41, 5.74) is 1.80. The van der Waals surface area contributed by atoms with Gasteiger partial charge in [0, 0.05) is 6.08 Å². The molecule has 1 unspecified atom stereocenters. The summed E-state index contributed by atoms with van der Waals surface area (Å²) in [6, 6.07) is 7.02. The molecule has 1 N–H and O–H groups in total. The average Bonchev–Trinajstić information content (AvgIpc) is 2.36. The van der Waals surface area contributed by atoms with Crippen LogP contribution in [-0.4, -0.2) is 16.9 Å². The van der Waals surface area contributed by atoms with Gasteiger partial charge < -0.3 is 5.11 Å². The highest BCUT2D eigenvalue weighted by Gasteiger charge is 2.16. The highest BCUT2D eigenvalue weighted by molar-refractivity contribution is 6.31. The number of halogens is 1. The van der Waals surface area contributed by atoms with Crippen molar-refractivity contribution in [1.29, 1.82) is 5.26 Å². The molecule has 0 aliphatic rings. The number of benzene rings is 1. The summed E-state index contributed by atoms with van der Waals surface area (Å²) < 4.78 is 0. The first kappa shape index (κ1) is 14.9. The predicted octanol–water partition coefficient (Wildman–Crippen LogP) is 2.72. The summed E-state index contributed by atoms with van der Waals surface area (Å²) in [4.78, 5) is 21.9. The Morgan fingerprint density at radius 1 is 1.53 bits per heavy atom. The predicted molar refractivity (Wildman–Crippen MR) is 71.7 cm³/mol. The van der Waals surface area contributed by atoms with E-state index in [4.69, 9.17) is 22.0 Å². The van der Waals surface area contributed by atoms with Gasteiger partial charge in [-0.3, -0.25) is 4.79 Å². The van der Waals surface area contributed by atoms with Crippen molar-refractivity contribution >= 4 is 29.4 Å². The Balaban J connectivity index is 3.26. The summed E-state index contributed by atoms with van der Waals surface area (Å²) in [6.45, 7) is 1.36. The summed E-state index contributed by atoms with van der Waals surface area (Å²) in [7, 11) is 0. The van der Waals surface area contributed by atoms with Crippen molar-refractivity contribution in [2.45, 2.75) is 18.7 Å². The molecule has 1 aromatic carbocycles. The average molecular weight is 278 g/mol. The molecule has 0 amide bonds. The van der Waals surface area contributed by atoms with Crippen molar-refractivity contribution < 1.29 is 14.7 Å². The molecule has 5 heteroatoms. The molecule has 0 bridgehead atoms. The number of carboxylic acid groups (broad SMARTS) is 1. The quantitative estimate of drug-likeness (QED) is 0.663. The first-order valence-electron chi connectivity index (χ1n) is 5.51. The maximum atomic E-state index is 11.4. The number of Topliss-reactive ketones (excluding diaryl/α,β-unsaturated/α-hetero) is 1. The second-order valence-electron chi connectivity index (χ2n) is 3.94. The van der Waals surface area contributed by atoms with Gasteiger partial charge in [0.2, 0.25) is 0 Å². The van der Waals surface area contributed by atoms with Gasteiger partial charge in [-0.1, -0.05) is 18.2 Å². The lowest BCUT2D eigenvalue weighted by Gasteiger charge is -2.11. The Kier molecular flexibility index (Phi) is 5.28. The van der Waals surface area contributed by atoms with E-state index in [0.29, 0.717) is 11.1 Å². The van der Waals surface area contributed by atoms with Crippen molar-refractivity contribution in [1.82, 2.24) is 0 Å². The number of nitriles is 1. The molecular formula is C14H12ClNO3. The van der Waals surface area contributed by atoms with Crippen LogP contribution in [0.2, 0.25) is 0 Å². The van der Waals surface area contributed by atoms with Gasteiger partial charge in [-0.2, -0.15) is 5.26 Å². The lowest BCUT2D eigenvalue weighted by atomic mass is 9.98. The molecule has 0 saturated heterocycles. The molecule has 1 atom stereocenters. The van der Waals surface area contributed by atoms with Crippen LogP contribution >= 0.6 is 11.6 Å². The Morgan fingerprint density at radius 3 is 2.74 bits per heavy atom. The third-order valence-electron chi connectivity index (χ3n) is 2.47. The second kappa shape index (κ2) is 6.72. The molecule has 0 spiro atoms. The molecule has 0 fully saturated rings. The molecule has 0 aliphatic carbocycles. The minimum Gasteiger partial charge on any atom is -0.478 e. The fourth-order valence-electron chi connectivity index (χ4n) is 1.58. The van der Waals surface area contributed by atoms with Crippen LogP contribution in [0.1, 0.15) is 29.0 Å². The van der Waals surface area contributed by atoms with Crippen LogP contribution in [0.25, 0.3) is 6.08 Å². The lowest BCUT2D eigenvalue weighted by molar-refractivity contribution is -0.131. The molecule has 1 aromatic rings. The van der Waals surface area contributed by atoms with Gasteiger partial charge in [0.15, 0.2) is 5.78 Å². The number of alkyl halides is 1. The first-order chi connectivity index (χ1) is 8.95. The number of rotatable bonds is 5. The van der Waals surface area contributed by atoms with E-state index in [1.54, 1.807) is 18.2 Å². The number of hydrogen-bond donors (Lipinski definition) is 1. The van der Waals surface area contributed by atoms with Crippen LogP contribution in [-0.2, 0) is 16.0 Å². The minimum atomic E-state index is -1.08. The van der Waals surface area contributed by atoms with Gasteiger partial charge in [0.1, 0.15) is 5.38 Å². The molecule has 1 rings (SSSR count). The zero-order valence-corrected chi connectivity index (χ0v) is 11.0. The Hall–Kier alpha value is -2.12. The Morgan fingerprint density at radius 2 is 2.21 bits per heavy atom. The molecule has 0 radical (unpaired) electrons. The van der Waals surface area contributed by atoms with E-state index in [1.807, 2.05) is 6.07 Å². The molecule has 19 heavy (non-hydrogen) atoms. The van der Waals surface area contributed by atoms with Crippen LogP contribution in [0.3, 0.4) is 0 Å². The van der Waals surface area contributed by atoms with Gasteiger partial charge in [0.05, 0.1) is 12.5 Å². The zero-order valence-electron chi connectivity index (χ0n) is 10.3. The van der Waals surface area contributed by atoms with E-state index in [2.05, 4.69) is 0 Å². The van der Waals surface area contributed by atoms with Crippen LogP contribution in [0.4, 0.5) is 0 Å². The Labute approximate surface area is 115 Å². The standard InChI is InChI=1S/C14H12ClNO3/c1-9(17)14(15)12-8-10(6-7-16)2-3-11(12)4-5-13(18)19/h2-5,8,14H,6H2,1H3,(H,18,19)/b5-4+. The number of carboxylic acids is 1. The molecule has 98 valence electrons. The highest BCUT2D eigenvalue weighted by atomic mass is 35.5. The van der Waals surface area contributed by atoms with Gasteiger partial charge in [-0.05, 0) is 29.7 Å². The molecular weight excluding hydrogens is 266 g/mol. The Bertz CT molecular complexity index is 573. The number of ketones is 1. The maximum absolute atomic E-state index is 11.4. The number of nitrogens with zero attached hydrogens (tertiary/aromatic N) is 1. The summed E-state index contributed by atoms with van der Waals surface area (Å²) in [5.74, 6) is -1.32. The third-order valence-corrected chi connectivity index (χ3v) is 3.01. The van der Waals surface area contributed by atoms with E-state index in [-0.39, 0.29) is 12.2 Å². The second-order valence-corrected chi connectivity index (χ2v) is 4.38. The van der Waals surface area contributed by atoms with Crippen molar-refractivity contribution in [2.24, 2.45) is 0 Å². The van der Waals surface area contributed by atoms with Gasteiger partial charge in [0.25, 0.3) is 0 Å². The molecule has 0 heterocycles. The molecule has 4 nitrogen and oxygen atoms in total. The van der Waals surface area contributed by atoms with Crippen LogP contribution in [0.5, 0.6) is 0 Å². The molecule has 0 saturated carbocycles. The summed E-state index contributed by atoms with van der Waals surface area (Å²) in [6.07, 6.45) is 2.57.